The van der Waals surface area contributed by atoms with Crippen LogP contribution in [0.4, 0.5) is 0 Å². The summed E-state index contributed by atoms with van der Waals surface area (Å²) in [5, 5.41) is 0. The predicted molar refractivity (Wildman–Crippen MR) is 89.4 cm³/mol. The number of ether oxygens (including phenoxy) is 1. The number of hydrogen-bond acceptors (Lipinski definition) is 2. The van der Waals surface area contributed by atoms with E-state index >= 15 is 0 Å². The van der Waals surface area contributed by atoms with Crippen molar-refractivity contribution in [3.05, 3.63) is 0 Å². The van der Waals surface area contributed by atoms with Crippen molar-refractivity contribution in [2.24, 2.45) is 0 Å². The molecule has 1 rings (SSSR count). The summed E-state index contributed by atoms with van der Waals surface area (Å²) in [4.78, 5) is 11.7. The first-order valence-corrected chi connectivity index (χ1v) is 9.52. The van der Waals surface area contributed by atoms with Gasteiger partial charge < -0.3 is 4.74 Å². The molecule has 0 N–H and O–H groups in total. The SMILES string of the molecule is CCCCCCCCCCCCC(=O)OC1CCCCC1. The van der Waals surface area contributed by atoms with Gasteiger partial charge >= 0.3 is 5.97 Å². The minimum Gasteiger partial charge on any atom is -0.462 e. The van der Waals surface area contributed by atoms with Crippen LogP contribution < -0.4 is 0 Å². The Morgan fingerprint density at radius 1 is 0.810 bits per heavy atom. The largest absolute Gasteiger partial charge is 0.462 e. The van der Waals surface area contributed by atoms with Gasteiger partial charge in [0.25, 0.3) is 0 Å². The Labute approximate surface area is 132 Å². The highest BCUT2D eigenvalue weighted by Crippen LogP contribution is 2.21. The molecule has 0 aromatic heterocycles. The van der Waals surface area contributed by atoms with E-state index in [1.165, 1.54) is 77.0 Å². The summed E-state index contributed by atoms with van der Waals surface area (Å²) in [6, 6.07) is 0. The van der Waals surface area contributed by atoms with Gasteiger partial charge in [-0.3, -0.25) is 4.79 Å². The van der Waals surface area contributed by atoms with Crippen molar-refractivity contribution in [1.29, 1.82) is 0 Å². The molecule has 0 bridgehead atoms. The fourth-order valence-corrected chi connectivity index (χ4v) is 3.18. The van der Waals surface area contributed by atoms with E-state index < -0.39 is 0 Å². The lowest BCUT2D eigenvalue weighted by molar-refractivity contribution is -0.150. The molecule has 124 valence electrons. The van der Waals surface area contributed by atoms with Gasteiger partial charge in [-0.1, -0.05) is 71.1 Å². The smallest absolute Gasteiger partial charge is 0.306 e. The zero-order valence-corrected chi connectivity index (χ0v) is 14.2. The van der Waals surface area contributed by atoms with Gasteiger partial charge in [-0.15, -0.1) is 0 Å². The zero-order valence-electron chi connectivity index (χ0n) is 14.2. The number of hydrogen-bond donors (Lipinski definition) is 0. The summed E-state index contributed by atoms with van der Waals surface area (Å²) in [7, 11) is 0. The van der Waals surface area contributed by atoms with E-state index in [1.807, 2.05) is 0 Å². The molecule has 2 heteroatoms. The Morgan fingerprint density at radius 3 is 1.90 bits per heavy atom. The van der Waals surface area contributed by atoms with Gasteiger partial charge in [0, 0.05) is 6.42 Å². The van der Waals surface area contributed by atoms with E-state index in [2.05, 4.69) is 6.92 Å². The van der Waals surface area contributed by atoms with Crippen molar-refractivity contribution in [1.82, 2.24) is 0 Å². The van der Waals surface area contributed by atoms with Crippen LogP contribution in [-0.2, 0) is 9.53 Å². The van der Waals surface area contributed by atoms with Crippen LogP contribution in [0.1, 0.15) is 110 Å². The second-order valence-corrected chi connectivity index (χ2v) is 6.68. The van der Waals surface area contributed by atoms with E-state index in [0.29, 0.717) is 6.42 Å². The molecule has 0 amide bonds. The average Bonchev–Trinajstić information content (AvgIpc) is 2.50. The lowest BCUT2D eigenvalue weighted by atomic mass is 9.98. The van der Waals surface area contributed by atoms with Gasteiger partial charge in [-0.05, 0) is 32.1 Å². The van der Waals surface area contributed by atoms with Crippen LogP contribution in [0.2, 0.25) is 0 Å². The van der Waals surface area contributed by atoms with Gasteiger partial charge in [0.15, 0.2) is 0 Å². The van der Waals surface area contributed by atoms with E-state index in [4.69, 9.17) is 4.74 Å². The molecule has 2 nitrogen and oxygen atoms in total. The summed E-state index contributed by atoms with van der Waals surface area (Å²) in [6.45, 7) is 2.26. The molecular weight excluding hydrogens is 260 g/mol. The molecule has 0 aromatic carbocycles. The lowest BCUT2D eigenvalue weighted by Crippen LogP contribution is -2.20. The van der Waals surface area contributed by atoms with E-state index in [1.54, 1.807) is 0 Å². The average molecular weight is 296 g/mol. The third kappa shape index (κ3) is 10.8. The maximum absolute atomic E-state index is 11.7. The fraction of sp³-hybridized carbons (Fsp3) is 0.947. The van der Waals surface area contributed by atoms with Crippen LogP contribution in [0.15, 0.2) is 0 Å². The topological polar surface area (TPSA) is 26.3 Å². The summed E-state index contributed by atoms with van der Waals surface area (Å²) < 4.78 is 5.53. The highest BCUT2D eigenvalue weighted by molar-refractivity contribution is 5.69. The first-order chi connectivity index (χ1) is 10.3. The van der Waals surface area contributed by atoms with E-state index in [-0.39, 0.29) is 12.1 Å². The molecule has 0 saturated heterocycles. The Balaban J connectivity index is 1.81. The minimum atomic E-state index is 0.0430. The van der Waals surface area contributed by atoms with Gasteiger partial charge in [0.2, 0.25) is 0 Å². The third-order valence-corrected chi connectivity index (χ3v) is 4.58. The molecule has 21 heavy (non-hydrogen) atoms. The predicted octanol–water partition coefficient (Wildman–Crippen LogP) is 6.17. The molecular formula is C19H36O2. The van der Waals surface area contributed by atoms with Crippen LogP contribution in [0, 0.1) is 0 Å². The lowest BCUT2D eigenvalue weighted by Gasteiger charge is -2.21. The second kappa shape index (κ2) is 13.2. The molecule has 0 aromatic rings. The monoisotopic (exact) mass is 296 g/mol. The van der Waals surface area contributed by atoms with Crippen molar-refractivity contribution in [2.75, 3.05) is 0 Å². The van der Waals surface area contributed by atoms with Gasteiger partial charge in [-0.25, -0.2) is 0 Å². The van der Waals surface area contributed by atoms with Crippen LogP contribution in [0.5, 0.6) is 0 Å². The second-order valence-electron chi connectivity index (χ2n) is 6.68. The maximum atomic E-state index is 11.7. The van der Waals surface area contributed by atoms with Crippen LogP contribution in [0.3, 0.4) is 0 Å². The number of carbonyl (C=O) groups excluding carboxylic acids is 1. The molecule has 1 fully saturated rings. The summed E-state index contributed by atoms with van der Waals surface area (Å²) in [5.41, 5.74) is 0. The molecule has 0 radical (unpaired) electrons. The molecule has 0 aliphatic heterocycles. The van der Waals surface area contributed by atoms with Crippen molar-refractivity contribution < 1.29 is 9.53 Å². The van der Waals surface area contributed by atoms with Crippen molar-refractivity contribution >= 4 is 5.97 Å². The molecule has 0 atom stereocenters. The fourth-order valence-electron chi connectivity index (χ4n) is 3.18. The quantitative estimate of drug-likeness (QED) is 0.318. The highest BCUT2D eigenvalue weighted by Gasteiger charge is 2.17. The third-order valence-electron chi connectivity index (χ3n) is 4.58. The van der Waals surface area contributed by atoms with Crippen molar-refractivity contribution in [2.45, 2.75) is 116 Å². The zero-order chi connectivity index (χ0) is 15.2. The molecule has 0 spiro atoms. The minimum absolute atomic E-state index is 0.0430. The number of carbonyl (C=O) groups is 1. The van der Waals surface area contributed by atoms with Crippen LogP contribution in [0.25, 0.3) is 0 Å². The summed E-state index contributed by atoms with van der Waals surface area (Å²) in [6.07, 6.45) is 19.9. The maximum Gasteiger partial charge on any atom is 0.306 e. The van der Waals surface area contributed by atoms with Gasteiger partial charge in [0.1, 0.15) is 6.10 Å². The Bertz CT molecular complexity index is 244. The first-order valence-electron chi connectivity index (χ1n) is 9.52. The van der Waals surface area contributed by atoms with Crippen LogP contribution in [-0.4, -0.2) is 12.1 Å². The first kappa shape index (κ1) is 18.5. The Hall–Kier alpha value is -0.530. The van der Waals surface area contributed by atoms with E-state index in [9.17, 15) is 4.79 Å². The summed E-state index contributed by atoms with van der Waals surface area (Å²) in [5.74, 6) is 0.0430. The van der Waals surface area contributed by atoms with Crippen molar-refractivity contribution in [3.63, 3.8) is 0 Å². The van der Waals surface area contributed by atoms with Gasteiger partial charge in [0.05, 0.1) is 0 Å². The molecule has 0 unspecified atom stereocenters. The normalized spacial score (nSPS) is 16.0. The summed E-state index contributed by atoms with van der Waals surface area (Å²) >= 11 is 0. The highest BCUT2D eigenvalue weighted by atomic mass is 16.5. The molecule has 0 heterocycles. The van der Waals surface area contributed by atoms with E-state index in [0.717, 1.165) is 19.3 Å². The Kier molecular flexibility index (Phi) is 11.6. The molecule has 1 aliphatic carbocycles. The number of esters is 1. The van der Waals surface area contributed by atoms with Crippen molar-refractivity contribution in [3.8, 4) is 0 Å². The van der Waals surface area contributed by atoms with Gasteiger partial charge in [-0.2, -0.15) is 0 Å². The molecule has 1 saturated carbocycles. The number of rotatable bonds is 12. The number of unbranched alkanes of at least 4 members (excludes halogenated alkanes) is 9. The standard InChI is InChI=1S/C19H36O2/c1-2-3-4-5-6-7-8-9-10-14-17-19(20)21-18-15-12-11-13-16-18/h18H,2-17H2,1H3. The Morgan fingerprint density at radius 2 is 1.33 bits per heavy atom. The van der Waals surface area contributed by atoms with Crippen LogP contribution >= 0.6 is 0 Å². The molecule has 1 aliphatic rings.